The Morgan fingerprint density at radius 1 is 1.25 bits per heavy atom. The molecule has 2 rings (SSSR count). The molecule has 1 aliphatic rings. The van der Waals surface area contributed by atoms with E-state index in [2.05, 4.69) is 10.1 Å². The van der Waals surface area contributed by atoms with Crippen LogP contribution in [0.3, 0.4) is 0 Å². The van der Waals surface area contributed by atoms with Gasteiger partial charge in [-0.05, 0) is 30.7 Å². The molecule has 1 fully saturated rings. The van der Waals surface area contributed by atoms with Crippen LogP contribution in [0.2, 0.25) is 0 Å². The smallest absolute Gasteiger partial charge is 0.337 e. The Balaban J connectivity index is 2.00. The van der Waals surface area contributed by atoms with Gasteiger partial charge in [0.05, 0.1) is 30.1 Å². The van der Waals surface area contributed by atoms with Gasteiger partial charge in [0.15, 0.2) is 9.84 Å². The van der Waals surface area contributed by atoms with Gasteiger partial charge in [-0.15, -0.1) is 0 Å². The minimum atomic E-state index is -3.08. The predicted molar refractivity (Wildman–Crippen MR) is 73.2 cm³/mol. The molecule has 0 spiro atoms. The van der Waals surface area contributed by atoms with Crippen molar-refractivity contribution in [1.82, 2.24) is 0 Å². The molecule has 0 radical (unpaired) electrons. The van der Waals surface area contributed by atoms with E-state index in [1.807, 2.05) is 0 Å². The van der Waals surface area contributed by atoms with E-state index in [0.717, 1.165) is 0 Å². The van der Waals surface area contributed by atoms with Crippen LogP contribution >= 0.6 is 0 Å². The third-order valence-electron chi connectivity index (χ3n) is 3.18. The number of methoxy groups -OCH3 is 1. The standard InChI is InChI=1S/C13H15NO5S/c1-19-13(16)9-2-4-11(5-3-9)14-12(15)10-6-7-20(17,18)8-10/h2-5,10H,6-8H2,1H3,(H,14,15). The van der Waals surface area contributed by atoms with E-state index in [9.17, 15) is 18.0 Å². The van der Waals surface area contributed by atoms with Gasteiger partial charge in [-0.25, -0.2) is 13.2 Å². The first kappa shape index (κ1) is 14.5. The van der Waals surface area contributed by atoms with Gasteiger partial charge in [0.25, 0.3) is 0 Å². The molecule has 0 aliphatic carbocycles. The summed E-state index contributed by atoms with van der Waals surface area (Å²) in [5, 5.41) is 2.65. The highest BCUT2D eigenvalue weighted by atomic mass is 32.2. The summed E-state index contributed by atoms with van der Waals surface area (Å²) in [6, 6.07) is 6.22. The molecule has 0 saturated carbocycles. The second kappa shape index (κ2) is 5.62. The van der Waals surface area contributed by atoms with Crippen LogP contribution in [0.25, 0.3) is 0 Å². The van der Waals surface area contributed by atoms with E-state index in [-0.39, 0.29) is 17.4 Å². The molecule has 108 valence electrons. The second-order valence-corrected chi connectivity index (χ2v) is 6.89. The SMILES string of the molecule is COC(=O)c1ccc(NC(=O)C2CCS(=O)(=O)C2)cc1. The summed E-state index contributed by atoms with van der Waals surface area (Å²) < 4.78 is 27.2. The fourth-order valence-corrected chi connectivity index (χ4v) is 3.80. The van der Waals surface area contributed by atoms with Crippen LogP contribution in [0.1, 0.15) is 16.8 Å². The molecular weight excluding hydrogens is 282 g/mol. The van der Waals surface area contributed by atoms with Gasteiger partial charge in [0.1, 0.15) is 0 Å². The van der Waals surface area contributed by atoms with Crippen LogP contribution in [0.4, 0.5) is 5.69 Å². The number of carbonyl (C=O) groups excluding carboxylic acids is 2. The Hall–Kier alpha value is -1.89. The summed E-state index contributed by atoms with van der Waals surface area (Å²) in [4.78, 5) is 23.2. The van der Waals surface area contributed by atoms with Crippen molar-refractivity contribution in [2.45, 2.75) is 6.42 Å². The Morgan fingerprint density at radius 2 is 1.90 bits per heavy atom. The maximum atomic E-state index is 11.9. The summed E-state index contributed by atoms with van der Waals surface area (Å²) in [7, 11) is -1.79. The molecule has 1 N–H and O–H groups in total. The van der Waals surface area contributed by atoms with E-state index in [1.165, 1.54) is 19.2 Å². The Morgan fingerprint density at radius 3 is 2.40 bits per heavy atom. The number of amides is 1. The van der Waals surface area contributed by atoms with Crippen molar-refractivity contribution in [2.75, 3.05) is 23.9 Å². The van der Waals surface area contributed by atoms with Crippen molar-refractivity contribution in [3.8, 4) is 0 Å². The van der Waals surface area contributed by atoms with E-state index in [0.29, 0.717) is 17.7 Å². The summed E-state index contributed by atoms with van der Waals surface area (Å²) in [6.45, 7) is 0. The van der Waals surface area contributed by atoms with Gasteiger partial charge >= 0.3 is 5.97 Å². The number of nitrogens with one attached hydrogen (secondary N) is 1. The molecule has 1 aromatic carbocycles. The zero-order valence-electron chi connectivity index (χ0n) is 11.0. The monoisotopic (exact) mass is 297 g/mol. The van der Waals surface area contributed by atoms with E-state index < -0.39 is 21.7 Å². The number of hydrogen-bond acceptors (Lipinski definition) is 5. The minimum Gasteiger partial charge on any atom is -0.465 e. The number of esters is 1. The summed E-state index contributed by atoms with van der Waals surface area (Å²) in [5.41, 5.74) is 0.904. The molecule has 1 atom stereocenters. The Labute approximate surface area is 117 Å². The van der Waals surface area contributed by atoms with Crippen LogP contribution in [0.15, 0.2) is 24.3 Å². The maximum absolute atomic E-state index is 11.9. The summed E-state index contributed by atoms with van der Waals surface area (Å²) in [5.74, 6) is -1.30. The lowest BCUT2D eigenvalue weighted by Gasteiger charge is -2.09. The molecule has 6 nitrogen and oxygen atoms in total. The quantitative estimate of drug-likeness (QED) is 0.835. The third-order valence-corrected chi connectivity index (χ3v) is 4.94. The minimum absolute atomic E-state index is 0.0619. The van der Waals surface area contributed by atoms with Crippen LogP contribution in [0.5, 0.6) is 0 Å². The number of benzene rings is 1. The molecule has 1 unspecified atom stereocenters. The fraction of sp³-hybridized carbons (Fsp3) is 0.385. The molecule has 1 aromatic rings. The van der Waals surface area contributed by atoms with Crippen molar-refractivity contribution < 1.29 is 22.7 Å². The highest BCUT2D eigenvalue weighted by Crippen LogP contribution is 2.20. The van der Waals surface area contributed by atoms with Crippen LogP contribution in [0, 0.1) is 5.92 Å². The predicted octanol–water partition coefficient (Wildman–Crippen LogP) is 0.846. The van der Waals surface area contributed by atoms with Crippen LogP contribution in [-0.4, -0.2) is 38.9 Å². The van der Waals surface area contributed by atoms with Crippen molar-refractivity contribution >= 4 is 27.4 Å². The zero-order chi connectivity index (χ0) is 14.8. The number of carbonyl (C=O) groups is 2. The molecule has 0 bridgehead atoms. The summed E-state index contributed by atoms with van der Waals surface area (Å²) in [6.07, 6.45) is 0.356. The first-order valence-corrected chi connectivity index (χ1v) is 7.93. The largest absolute Gasteiger partial charge is 0.465 e. The molecule has 1 aliphatic heterocycles. The molecule has 1 amide bonds. The lowest BCUT2D eigenvalue weighted by Crippen LogP contribution is -2.23. The van der Waals surface area contributed by atoms with Gasteiger partial charge < -0.3 is 10.1 Å². The molecule has 0 aromatic heterocycles. The van der Waals surface area contributed by atoms with Gasteiger partial charge in [-0.1, -0.05) is 0 Å². The van der Waals surface area contributed by atoms with Gasteiger partial charge in [0.2, 0.25) is 5.91 Å². The first-order valence-electron chi connectivity index (χ1n) is 6.11. The lowest BCUT2D eigenvalue weighted by atomic mass is 10.1. The lowest BCUT2D eigenvalue weighted by molar-refractivity contribution is -0.119. The average Bonchev–Trinajstić information content (AvgIpc) is 2.79. The number of sulfone groups is 1. The zero-order valence-corrected chi connectivity index (χ0v) is 11.8. The first-order chi connectivity index (χ1) is 9.41. The third kappa shape index (κ3) is 3.36. The van der Waals surface area contributed by atoms with E-state index in [1.54, 1.807) is 12.1 Å². The molecule has 20 heavy (non-hydrogen) atoms. The molecule has 7 heteroatoms. The van der Waals surface area contributed by atoms with Crippen molar-refractivity contribution in [1.29, 1.82) is 0 Å². The average molecular weight is 297 g/mol. The number of hydrogen-bond donors (Lipinski definition) is 1. The number of rotatable bonds is 3. The normalized spacial score (nSPS) is 20.4. The van der Waals surface area contributed by atoms with Gasteiger partial charge in [-0.3, -0.25) is 4.79 Å². The summed E-state index contributed by atoms with van der Waals surface area (Å²) >= 11 is 0. The topological polar surface area (TPSA) is 89.5 Å². The molecular formula is C13H15NO5S. The molecule has 1 heterocycles. The van der Waals surface area contributed by atoms with Gasteiger partial charge in [0, 0.05) is 5.69 Å². The van der Waals surface area contributed by atoms with Gasteiger partial charge in [-0.2, -0.15) is 0 Å². The maximum Gasteiger partial charge on any atom is 0.337 e. The Bertz CT molecular complexity index is 621. The Kier molecular flexibility index (Phi) is 4.08. The highest BCUT2D eigenvalue weighted by Gasteiger charge is 2.32. The molecule has 1 saturated heterocycles. The number of ether oxygens (including phenoxy) is 1. The van der Waals surface area contributed by atoms with Crippen LogP contribution < -0.4 is 5.32 Å². The van der Waals surface area contributed by atoms with E-state index >= 15 is 0 Å². The highest BCUT2D eigenvalue weighted by molar-refractivity contribution is 7.91. The number of anilines is 1. The van der Waals surface area contributed by atoms with E-state index in [4.69, 9.17) is 0 Å². The van der Waals surface area contributed by atoms with Crippen molar-refractivity contribution in [3.63, 3.8) is 0 Å². The van der Waals surface area contributed by atoms with Crippen molar-refractivity contribution in [2.24, 2.45) is 5.92 Å². The van der Waals surface area contributed by atoms with Crippen molar-refractivity contribution in [3.05, 3.63) is 29.8 Å². The second-order valence-electron chi connectivity index (χ2n) is 4.66. The van der Waals surface area contributed by atoms with Crippen LogP contribution in [-0.2, 0) is 19.4 Å². The fourth-order valence-electron chi connectivity index (χ4n) is 2.05.